The van der Waals surface area contributed by atoms with Gasteiger partial charge in [-0.15, -0.1) is 0 Å². The number of amides is 1. The van der Waals surface area contributed by atoms with E-state index in [0.29, 0.717) is 0 Å². The zero-order valence-electron chi connectivity index (χ0n) is 12.4. The van der Waals surface area contributed by atoms with E-state index in [0.717, 1.165) is 24.1 Å². The fourth-order valence-corrected chi connectivity index (χ4v) is 2.85. The molecular formula is C19H19NO. The molecule has 1 aliphatic rings. The smallest absolute Gasteiger partial charge is 0.250 e. The van der Waals surface area contributed by atoms with Crippen LogP contribution in [0.2, 0.25) is 0 Å². The molecule has 2 aromatic rings. The summed E-state index contributed by atoms with van der Waals surface area (Å²) in [5.74, 6) is -0.0210. The van der Waals surface area contributed by atoms with Crippen molar-refractivity contribution in [2.75, 3.05) is 5.32 Å². The molecule has 0 aliphatic heterocycles. The summed E-state index contributed by atoms with van der Waals surface area (Å²) < 4.78 is 0. The number of benzene rings is 2. The predicted molar refractivity (Wildman–Crippen MR) is 87.4 cm³/mol. The Balaban J connectivity index is 1.84. The van der Waals surface area contributed by atoms with Crippen LogP contribution in [0.4, 0.5) is 5.69 Å². The summed E-state index contributed by atoms with van der Waals surface area (Å²) in [5, 5.41) is 2.98. The summed E-state index contributed by atoms with van der Waals surface area (Å²) in [6, 6.07) is 14.7. The van der Waals surface area contributed by atoms with Gasteiger partial charge in [0.1, 0.15) is 0 Å². The van der Waals surface area contributed by atoms with Crippen LogP contribution in [-0.4, -0.2) is 5.91 Å². The molecule has 0 aromatic heterocycles. The molecule has 0 saturated heterocycles. The van der Waals surface area contributed by atoms with E-state index in [2.05, 4.69) is 41.7 Å². The minimum absolute atomic E-state index is 0.0210. The molecule has 2 aromatic carbocycles. The van der Waals surface area contributed by atoms with E-state index in [1.807, 2.05) is 26.0 Å². The summed E-state index contributed by atoms with van der Waals surface area (Å²) >= 11 is 0. The van der Waals surface area contributed by atoms with Crippen molar-refractivity contribution in [3.8, 4) is 11.1 Å². The highest BCUT2D eigenvalue weighted by atomic mass is 16.1. The number of fused-ring (bicyclic) bond motifs is 3. The van der Waals surface area contributed by atoms with Crippen LogP contribution in [0, 0.1) is 0 Å². The Morgan fingerprint density at radius 2 is 1.90 bits per heavy atom. The van der Waals surface area contributed by atoms with Crippen LogP contribution in [0.15, 0.2) is 54.1 Å². The first-order chi connectivity index (χ1) is 10.2. The molecule has 0 spiro atoms. The summed E-state index contributed by atoms with van der Waals surface area (Å²) in [6.07, 6.45) is 3.76. The van der Waals surface area contributed by atoms with Gasteiger partial charge < -0.3 is 5.32 Å². The van der Waals surface area contributed by atoms with Gasteiger partial charge in [0.2, 0.25) is 0 Å². The predicted octanol–water partition coefficient (Wildman–Crippen LogP) is 4.55. The summed E-state index contributed by atoms with van der Waals surface area (Å²) in [4.78, 5) is 12.0. The first kappa shape index (κ1) is 13.6. The van der Waals surface area contributed by atoms with Crippen molar-refractivity contribution < 1.29 is 4.79 Å². The molecule has 2 nitrogen and oxygen atoms in total. The van der Waals surface area contributed by atoms with Crippen molar-refractivity contribution >= 4 is 11.6 Å². The van der Waals surface area contributed by atoms with Gasteiger partial charge in [-0.25, -0.2) is 0 Å². The van der Waals surface area contributed by atoms with E-state index in [9.17, 15) is 4.79 Å². The van der Waals surface area contributed by atoms with Gasteiger partial charge in [0.15, 0.2) is 0 Å². The van der Waals surface area contributed by atoms with E-state index in [-0.39, 0.29) is 5.91 Å². The Morgan fingerprint density at radius 1 is 1.14 bits per heavy atom. The summed E-state index contributed by atoms with van der Waals surface area (Å²) in [6.45, 7) is 3.88. The molecule has 3 rings (SSSR count). The molecule has 0 fully saturated rings. The van der Waals surface area contributed by atoms with Crippen molar-refractivity contribution in [2.24, 2.45) is 0 Å². The van der Waals surface area contributed by atoms with Crippen molar-refractivity contribution in [3.05, 3.63) is 65.2 Å². The van der Waals surface area contributed by atoms with Crippen LogP contribution in [0.1, 0.15) is 31.4 Å². The average molecular weight is 277 g/mol. The zero-order chi connectivity index (χ0) is 14.8. The number of carbonyl (C=O) groups is 1. The first-order valence-electron chi connectivity index (χ1n) is 7.38. The monoisotopic (exact) mass is 277 g/mol. The Kier molecular flexibility index (Phi) is 3.61. The van der Waals surface area contributed by atoms with Crippen LogP contribution in [-0.2, 0) is 11.2 Å². The van der Waals surface area contributed by atoms with Gasteiger partial charge in [-0.2, -0.15) is 0 Å². The minimum atomic E-state index is -0.0210. The van der Waals surface area contributed by atoms with E-state index in [1.54, 1.807) is 0 Å². The standard InChI is InChI=1S/C19H19NO/c1-3-6-13(2)19(21)20-16-9-10-18-15(12-16)11-14-7-4-5-8-17(14)18/h4-10,12H,3,11H2,1-2H3,(H,20,21)/b13-6-. The lowest BCUT2D eigenvalue weighted by Gasteiger charge is -2.08. The molecule has 2 heteroatoms. The Morgan fingerprint density at radius 3 is 2.71 bits per heavy atom. The second kappa shape index (κ2) is 5.57. The number of nitrogens with one attached hydrogen (secondary N) is 1. The number of hydrogen-bond acceptors (Lipinski definition) is 1. The fourth-order valence-electron chi connectivity index (χ4n) is 2.85. The molecule has 0 radical (unpaired) electrons. The highest BCUT2D eigenvalue weighted by Crippen LogP contribution is 2.37. The maximum Gasteiger partial charge on any atom is 0.250 e. The van der Waals surface area contributed by atoms with Crippen LogP contribution >= 0.6 is 0 Å². The molecule has 1 amide bonds. The van der Waals surface area contributed by atoms with Gasteiger partial charge in [0.25, 0.3) is 5.91 Å². The molecule has 21 heavy (non-hydrogen) atoms. The van der Waals surface area contributed by atoms with Gasteiger partial charge in [-0.05, 0) is 54.2 Å². The quantitative estimate of drug-likeness (QED) is 0.699. The van der Waals surface area contributed by atoms with Crippen molar-refractivity contribution in [3.63, 3.8) is 0 Å². The maximum atomic E-state index is 12.0. The Labute approximate surface area is 125 Å². The Bertz CT molecular complexity index is 728. The van der Waals surface area contributed by atoms with Gasteiger partial charge in [-0.3, -0.25) is 4.79 Å². The number of hydrogen-bond donors (Lipinski definition) is 1. The molecule has 0 bridgehead atoms. The molecule has 0 atom stereocenters. The largest absolute Gasteiger partial charge is 0.322 e. The number of allylic oxidation sites excluding steroid dienone is 1. The fraction of sp³-hybridized carbons (Fsp3) is 0.211. The second-order valence-corrected chi connectivity index (χ2v) is 5.46. The van der Waals surface area contributed by atoms with E-state index >= 15 is 0 Å². The lowest BCUT2D eigenvalue weighted by Crippen LogP contribution is -2.12. The minimum Gasteiger partial charge on any atom is -0.322 e. The second-order valence-electron chi connectivity index (χ2n) is 5.46. The van der Waals surface area contributed by atoms with Crippen LogP contribution in [0.3, 0.4) is 0 Å². The maximum absolute atomic E-state index is 12.0. The van der Waals surface area contributed by atoms with E-state index in [1.165, 1.54) is 22.3 Å². The van der Waals surface area contributed by atoms with Gasteiger partial charge in [-0.1, -0.05) is 43.3 Å². The van der Waals surface area contributed by atoms with Gasteiger partial charge >= 0.3 is 0 Å². The van der Waals surface area contributed by atoms with Crippen LogP contribution < -0.4 is 5.32 Å². The van der Waals surface area contributed by atoms with Crippen LogP contribution in [0.5, 0.6) is 0 Å². The SMILES string of the molecule is CC/C=C(/C)C(=O)Nc1ccc2c(c1)Cc1ccccc1-2. The lowest BCUT2D eigenvalue weighted by atomic mass is 10.1. The topological polar surface area (TPSA) is 29.1 Å². The number of anilines is 1. The van der Waals surface area contributed by atoms with E-state index < -0.39 is 0 Å². The zero-order valence-corrected chi connectivity index (χ0v) is 12.4. The normalized spacial score (nSPS) is 12.8. The highest BCUT2D eigenvalue weighted by Gasteiger charge is 2.18. The van der Waals surface area contributed by atoms with Crippen molar-refractivity contribution in [2.45, 2.75) is 26.7 Å². The third-order valence-corrected chi connectivity index (χ3v) is 3.92. The first-order valence-corrected chi connectivity index (χ1v) is 7.38. The molecular weight excluding hydrogens is 258 g/mol. The summed E-state index contributed by atoms with van der Waals surface area (Å²) in [7, 11) is 0. The average Bonchev–Trinajstić information content (AvgIpc) is 2.85. The van der Waals surface area contributed by atoms with Crippen molar-refractivity contribution in [1.29, 1.82) is 0 Å². The Hall–Kier alpha value is -2.35. The highest BCUT2D eigenvalue weighted by molar-refractivity contribution is 6.03. The number of carbonyl (C=O) groups excluding carboxylic acids is 1. The molecule has 0 saturated carbocycles. The molecule has 0 heterocycles. The van der Waals surface area contributed by atoms with Gasteiger partial charge in [0, 0.05) is 11.3 Å². The molecule has 1 aliphatic carbocycles. The van der Waals surface area contributed by atoms with Crippen molar-refractivity contribution in [1.82, 2.24) is 0 Å². The molecule has 106 valence electrons. The number of rotatable bonds is 3. The van der Waals surface area contributed by atoms with E-state index in [4.69, 9.17) is 0 Å². The van der Waals surface area contributed by atoms with Gasteiger partial charge in [0.05, 0.1) is 0 Å². The van der Waals surface area contributed by atoms with Crippen LogP contribution in [0.25, 0.3) is 11.1 Å². The third-order valence-electron chi connectivity index (χ3n) is 3.92. The lowest BCUT2D eigenvalue weighted by molar-refractivity contribution is -0.112. The molecule has 1 N–H and O–H groups in total. The summed E-state index contributed by atoms with van der Waals surface area (Å²) in [5.41, 5.74) is 6.87. The third kappa shape index (κ3) is 2.62. The molecule has 0 unspecified atom stereocenters.